The van der Waals surface area contributed by atoms with Crippen molar-refractivity contribution in [3.05, 3.63) is 156 Å². The fraction of sp³-hybridized carbons (Fsp3) is 0. The monoisotopic (exact) mass is 649 g/mol. The molecule has 0 N–H and O–H groups in total. The summed E-state index contributed by atoms with van der Waals surface area (Å²) in [5.74, 6) is 0. The molecule has 0 saturated heterocycles. The van der Waals surface area contributed by atoms with Gasteiger partial charge in [0.25, 0.3) is 0 Å². The number of furan rings is 1. The van der Waals surface area contributed by atoms with Crippen LogP contribution in [0, 0.1) is 34.0 Å². The van der Waals surface area contributed by atoms with Crippen LogP contribution in [0.15, 0.2) is 144 Å². The van der Waals surface area contributed by atoms with E-state index in [-0.39, 0.29) is 11.1 Å². The fourth-order valence-electron chi connectivity index (χ4n) is 7.93. The molecule has 234 valence electrons. The van der Waals surface area contributed by atoms with Crippen molar-refractivity contribution in [2.75, 3.05) is 0 Å². The van der Waals surface area contributed by atoms with E-state index in [1.807, 2.05) is 103 Å². The zero-order valence-electron chi connectivity index (χ0n) is 26.9. The minimum atomic E-state index is 0.244. The van der Waals surface area contributed by atoms with Gasteiger partial charge in [0.2, 0.25) is 0 Å². The van der Waals surface area contributed by atoms with E-state index < -0.39 is 0 Å². The van der Waals surface area contributed by atoms with Gasteiger partial charge in [0, 0.05) is 49.5 Å². The second kappa shape index (κ2) is 10.7. The number of rotatable bonds is 3. The van der Waals surface area contributed by atoms with Crippen LogP contribution >= 0.6 is 0 Å². The van der Waals surface area contributed by atoms with E-state index >= 15 is 0 Å². The Labute approximate surface area is 291 Å². The van der Waals surface area contributed by atoms with Crippen LogP contribution in [-0.4, -0.2) is 9.13 Å². The third-order valence-corrected chi connectivity index (χ3v) is 10.1. The fourth-order valence-corrected chi connectivity index (χ4v) is 7.93. The molecule has 3 heterocycles. The molecule has 0 aliphatic carbocycles. The number of para-hydroxylation sites is 5. The SMILES string of the molecule is N#Cc1cccc(-c2ccc(-n3c4ccccc4c4ccccc43)c(C#N)c2C#N)c1-n1c2ccccc2c2cc3c(cc21)oc1ccccc13. The molecule has 6 heteroatoms. The maximum Gasteiger partial charge on any atom is 0.137 e. The molecular formula is C45H23N5O. The first kappa shape index (κ1) is 28.4. The molecular weight excluding hydrogens is 627 g/mol. The Kier molecular flexibility index (Phi) is 5.97. The van der Waals surface area contributed by atoms with Crippen LogP contribution in [0.3, 0.4) is 0 Å². The van der Waals surface area contributed by atoms with Gasteiger partial charge in [0.15, 0.2) is 0 Å². The lowest BCUT2D eigenvalue weighted by atomic mass is 9.92. The molecule has 3 aromatic heterocycles. The van der Waals surface area contributed by atoms with E-state index in [4.69, 9.17) is 4.42 Å². The molecule has 6 nitrogen and oxygen atoms in total. The third-order valence-electron chi connectivity index (χ3n) is 10.1. The zero-order chi connectivity index (χ0) is 34.2. The molecule has 7 aromatic carbocycles. The van der Waals surface area contributed by atoms with E-state index in [1.54, 1.807) is 6.07 Å². The lowest BCUT2D eigenvalue weighted by Gasteiger charge is -2.18. The largest absolute Gasteiger partial charge is 0.456 e. The molecule has 0 spiro atoms. The second-order valence-electron chi connectivity index (χ2n) is 12.6. The summed E-state index contributed by atoms with van der Waals surface area (Å²) in [5.41, 5.74) is 8.66. The molecule has 0 unspecified atom stereocenters. The number of nitriles is 3. The molecule has 0 aliphatic rings. The number of fused-ring (bicyclic) bond motifs is 9. The molecule has 51 heavy (non-hydrogen) atoms. The van der Waals surface area contributed by atoms with Crippen LogP contribution in [0.5, 0.6) is 0 Å². The summed E-state index contributed by atoms with van der Waals surface area (Å²) < 4.78 is 10.5. The average molecular weight is 650 g/mol. The Morgan fingerprint density at radius 2 is 1.02 bits per heavy atom. The number of nitrogens with zero attached hydrogens (tertiary/aromatic N) is 5. The van der Waals surface area contributed by atoms with Crippen molar-refractivity contribution in [3.63, 3.8) is 0 Å². The molecule has 0 atom stereocenters. The third kappa shape index (κ3) is 3.89. The molecule has 0 bridgehead atoms. The molecule has 0 aliphatic heterocycles. The summed E-state index contributed by atoms with van der Waals surface area (Å²) >= 11 is 0. The molecule has 0 fully saturated rings. The van der Waals surface area contributed by atoms with E-state index in [0.717, 1.165) is 65.6 Å². The van der Waals surface area contributed by atoms with E-state index in [2.05, 4.69) is 57.7 Å². The van der Waals surface area contributed by atoms with Gasteiger partial charge in [-0.3, -0.25) is 0 Å². The van der Waals surface area contributed by atoms with Crippen molar-refractivity contribution >= 4 is 65.6 Å². The Balaban J connectivity index is 1.29. The van der Waals surface area contributed by atoms with Crippen molar-refractivity contribution in [3.8, 4) is 40.7 Å². The van der Waals surface area contributed by atoms with Crippen LogP contribution in [0.25, 0.3) is 88.1 Å². The highest BCUT2D eigenvalue weighted by molar-refractivity contribution is 6.18. The van der Waals surface area contributed by atoms with E-state index in [1.165, 1.54) is 0 Å². The number of hydrogen-bond donors (Lipinski definition) is 0. The van der Waals surface area contributed by atoms with Gasteiger partial charge in [-0.2, -0.15) is 15.8 Å². The number of aromatic nitrogens is 2. The lowest BCUT2D eigenvalue weighted by molar-refractivity contribution is 0.669. The zero-order valence-corrected chi connectivity index (χ0v) is 26.9. The maximum atomic E-state index is 10.8. The first-order valence-corrected chi connectivity index (χ1v) is 16.5. The van der Waals surface area contributed by atoms with Crippen LogP contribution in [0.2, 0.25) is 0 Å². The second-order valence-corrected chi connectivity index (χ2v) is 12.6. The summed E-state index contributed by atoms with van der Waals surface area (Å²) in [4.78, 5) is 0. The van der Waals surface area contributed by atoms with E-state index in [0.29, 0.717) is 28.1 Å². The molecule has 0 saturated carbocycles. The van der Waals surface area contributed by atoms with Crippen molar-refractivity contribution in [2.45, 2.75) is 0 Å². The smallest absolute Gasteiger partial charge is 0.137 e. The maximum absolute atomic E-state index is 10.8. The Hall–Kier alpha value is -7.59. The summed E-state index contributed by atoms with van der Waals surface area (Å²) in [7, 11) is 0. The summed E-state index contributed by atoms with van der Waals surface area (Å²) in [6, 6.07) is 53.1. The number of hydrogen-bond acceptors (Lipinski definition) is 4. The van der Waals surface area contributed by atoms with Crippen LogP contribution in [0.1, 0.15) is 16.7 Å². The van der Waals surface area contributed by atoms with Crippen molar-refractivity contribution < 1.29 is 4.42 Å². The van der Waals surface area contributed by atoms with Gasteiger partial charge in [-0.15, -0.1) is 0 Å². The highest BCUT2D eigenvalue weighted by Crippen LogP contribution is 2.43. The van der Waals surface area contributed by atoms with Crippen LogP contribution in [0.4, 0.5) is 0 Å². The quantitative estimate of drug-likeness (QED) is 0.190. The van der Waals surface area contributed by atoms with Crippen molar-refractivity contribution in [1.29, 1.82) is 15.8 Å². The molecule has 0 radical (unpaired) electrons. The topological polar surface area (TPSA) is 94.4 Å². The van der Waals surface area contributed by atoms with Gasteiger partial charge < -0.3 is 13.6 Å². The van der Waals surface area contributed by atoms with Crippen LogP contribution in [-0.2, 0) is 0 Å². The van der Waals surface area contributed by atoms with Gasteiger partial charge in [-0.1, -0.05) is 91.0 Å². The van der Waals surface area contributed by atoms with Gasteiger partial charge >= 0.3 is 0 Å². The summed E-state index contributed by atoms with van der Waals surface area (Å²) in [6.07, 6.45) is 0. The van der Waals surface area contributed by atoms with Gasteiger partial charge in [-0.25, -0.2) is 0 Å². The first-order chi connectivity index (χ1) is 25.2. The van der Waals surface area contributed by atoms with Gasteiger partial charge in [0.05, 0.1) is 50.1 Å². The Morgan fingerprint density at radius 3 is 1.69 bits per heavy atom. The minimum absolute atomic E-state index is 0.244. The predicted molar refractivity (Wildman–Crippen MR) is 202 cm³/mol. The molecule has 0 amide bonds. The number of benzene rings is 7. The average Bonchev–Trinajstić information content (AvgIpc) is 3.83. The van der Waals surface area contributed by atoms with Crippen molar-refractivity contribution in [1.82, 2.24) is 9.13 Å². The normalized spacial score (nSPS) is 11.5. The highest BCUT2D eigenvalue weighted by Gasteiger charge is 2.25. The molecule has 10 rings (SSSR count). The molecule has 10 aromatic rings. The Morgan fingerprint density at radius 1 is 0.412 bits per heavy atom. The lowest BCUT2D eigenvalue weighted by Crippen LogP contribution is -2.04. The minimum Gasteiger partial charge on any atom is -0.456 e. The summed E-state index contributed by atoms with van der Waals surface area (Å²) in [5, 5.41) is 38.4. The predicted octanol–water partition coefficient (Wildman–Crippen LogP) is 11.1. The van der Waals surface area contributed by atoms with E-state index in [9.17, 15) is 15.8 Å². The standard InChI is InChI=1S/C45H23N5O/c46-24-27-10-9-15-33(28-20-21-41(37(26-48)36(28)25-47)49-38-16-5-1-11-29(38)30-12-2-6-17-39(30)49)45(27)50-40-18-7-3-13-31(40)34-22-35-32-14-4-8-19-43(32)51-44(35)23-42(34)50/h1-23H. The first-order valence-electron chi connectivity index (χ1n) is 16.5. The van der Waals surface area contributed by atoms with Crippen LogP contribution < -0.4 is 0 Å². The summed E-state index contributed by atoms with van der Waals surface area (Å²) in [6.45, 7) is 0. The van der Waals surface area contributed by atoms with Gasteiger partial charge in [0.1, 0.15) is 29.4 Å². The Bertz CT molecular complexity index is 3190. The van der Waals surface area contributed by atoms with Crippen molar-refractivity contribution in [2.24, 2.45) is 0 Å². The van der Waals surface area contributed by atoms with Gasteiger partial charge in [-0.05, 0) is 42.5 Å². The highest BCUT2D eigenvalue weighted by atomic mass is 16.3.